The third-order valence-corrected chi connectivity index (χ3v) is 9.64. The largest absolute Gasteiger partial charge is 0.465 e. The van der Waals surface area contributed by atoms with E-state index < -0.39 is 0 Å². The van der Waals surface area contributed by atoms with Gasteiger partial charge in [0.15, 0.2) is 0 Å². The first-order valence-corrected chi connectivity index (χ1v) is 21.5. The number of hydrogen-bond acceptors (Lipinski definition) is 6. The van der Waals surface area contributed by atoms with Crippen molar-refractivity contribution in [3.63, 3.8) is 0 Å². The van der Waals surface area contributed by atoms with Crippen LogP contribution in [0.5, 0.6) is 0 Å². The highest BCUT2D eigenvalue weighted by Gasteiger charge is 2.18. The van der Waals surface area contributed by atoms with E-state index in [-0.39, 0.29) is 43.6 Å². The Balaban J connectivity index is 4.32. The molecule has 0 radical (unpaired) electrons. The molecule has 49 heavy (non-hydrogen) atoms. The molecule has 0 heterocycles. The molecule has 0 N–H and O–H groups in total. The molecule has 0 unspecified atom stereocenters. The van der Waals surface area contributed by atoms with E-state index in [2.05, 4.69) is 20.8 Å². The summed E-state index contributed by atoms with van der Waals surface area (Å²) in [7, 11) is 0. The number of esters is 3. The molecule has 0 aliphatic heterocycles. The van der Waals surface area contributed by atoms with Gasteiger partial charge in [0.2, 0.25) is 0 Å². The van der Waals surface area contributed by atoms with Gasteiger partial charge in [-0.3, -0.25) is 14.4 Å². The summed E-state index contributed by atoms with van der Waals surface area (Å²) in [5.41, 5.74) is 0. The summed E-state index contributed by atoms with van der Waals surface area (Å²) in [6.07, 6.45) is 37.8. The lowest BCUT2D eigenvalue weighted by Gasteiger charge is -2.17. The van der Waals surface area contributed by atoms with E-state index in [4.69, 9.17) is 14.2 Å². The Hall–Kier alpha value is -1.59. The molecule has 0 amide bonds. The second kappa shape index (κ2) is 39.2. The van der Waals surface area contributed by atoms with Crippen LogP contribution in [0.15, 0.2) is 0 Å². The lowest BCUT2D eigenvalue weighted by atomic mass is 10.1. The smallest absolute Gasteiger partial charge is 0.305 e. The van der Waals surface area contributed by atoms with Crippen molar-refractivity contribution in [2.24, 2.45) is 5.92 Å². The van der Waals surface area contributed by atoms with Crippen LogP contribution in [0.4, 0.5) is 0 Å². The molecule has 0 saturated carbocycles. The quantitative estimate of drug-likeness (QED) is 0.0362. The predicted molar refractivity (Wildman–Crippen MR) is 206 cm³/mol. The van der Waals surface area contributed by atoms with Gasteiger partial charge < -0.3 is 14.2 Å². The van der Waals surface area contributed by atoms with E-state index >= 15 is 0 Å². The van der Waals surface area contributed by atoms with Crippen LogP contribution in [-0.4, -0.2) is 37.7 Å². The third kappa shape index (κ3) is 37.5. The molecule has 0 fully saturated rings. The fraction of sp³-hybridized carbons (Fsp3) is 0.930. The maximum absolute atomic E-state index is 12.5. The molecule has 0 aromatic rings. The minimum absolute atomic E-state index is 0.105. The summed E-state index contributed by atoms with van der Waals surface area (Å²) >= 11 is 0. The van der Waals surface area contributed by atoms with E-state index in [9.17, 15) is 14.4 Å². The first kappa shape index (κ1) is 47.4. The molecular weight excluding hydrogens is 612 g/mol. The zero-order valence-corrected chi connectivity index (χ0v) is 33.0. The van der Waals surface area contributed by atoms with Gasteiger partial charge >= 0.3 is 17.9 Å². The van der Waals surface area contributed by atoms with Gasteiger partial charge in [0, 0.05) is 19.3 Å². The molecule has 0 atom stereocenters. The van der Waals surface area contributed by atoms with Gasteiger partial charge in [-0.25, -0.2) is 0 Å². The van der Waals surface area contributed by atoms with E-state index in [0.717, 1.165) is 57.8 Å². The molecule has 0 aliphatic carbocycles. The summed E-state index contributed by atoms with van der Waals surface area (Å²) in [4.78, 5) is 37.4. The zero-order valence-electron chi connectivity index (χ0n) is 33.0. The Labute approximate surface area is 304 Å². The highest BCUT2D eigenvalue weighted by Crippen LogP contribution is 2.15. The van der Waals surface area contributed by atoms with Crippen LogP contribution in [0.3, 0.4) is 0 Å². The van der Waals surface area contributed by atoms with E-state index in [1.807, 2.05) is 0 Å². The molecule has 0 aromatic carbocycles. The first-order valence-electron chi connectivity index (χ1n) is 21.5. The third-order valence-electron chi connectivity index (χ3n) is 9.64. The Kier molecular flexibility index (Phi) is 37.9. The molecule has 0 aromatic heterocycles. The summed E-state index contributed by atoms with van der Waals surface area (Å²) < 4.78 is 16.7. The van der Waals surface area contributed by atoms with E-state index in [1.54, 1.807) is 0 Å². The van der Waals surface area contributed by atoms with Gasteiger partial charge in [-0.15, -0.1) is 0 Å². The summed E-state index contributed by atoms with van der Waals surface area (Å²) in [6, 6.07) is 0. The van der Waals surface area contributed by atoms with Crippen LogP contribution < -0.4 is 0 Å². The summed E-state index contributed by atoms with van der Waals surface area (Å²) in [5.74, 6) is -1.01. The van der Waals surface area contributed by atoms with Crippen LogP contribution in [0, 0.1) is 5.92 Å². The van der Waals surface area contributed by atoms with Gasteiger partial charge in [0.1, 0.15) is 19.8 Å². The lowest BCUT2D eigenvalue weighted by molar-refractivity contribution is -0.153. The molecule has 0 rings (SSSR count). The van der Waals surface area contributed by atoms with Gasteiger partial charge in [0.25, 0.3) is 0 Å². The molecular formula is C43H82O6. The monoisotopic (exact) mass is 695 g/mol. The topological polar surface area (TPSA) is 78.9 Å². The second-order valence-electron chi connectivity index (χ2n) is 14.7. The minimum atomic E-state index is -0.343. The Bertz CT molecular complexity index is 628. The number of rotatable bonds is 39. The van der Waals surface area contributed by atoms with Crippen molar-refractivity contribution in [2.75, 3.05) is 19.8 Å². The fourth-order valence-electron chi connectivity index (χ4n) is 6.26. The molecule has 290 valence electrons. The minimum Gasteiger partial charge on any atom is -0.465 e. The molecule has 6 nitrogen and oxygen atoms in total. The Morgan fingerprint density at radius 1 is 0.306 bits per heavy atom. The van der Waals surface area contributed by atoms with Crippen LogP contribution in [0.25, 0.3) is 0 Å². The molecule has 0 aliphatic rings. The number of carbonyl (C=O) groups is 3. The summed E-state index contributed by atoms with van der Waals surface area (Å²) in [5, 5.41) is 0. The van der Waals surface area contributed by atoms with Crippen molar-refractivity contribution < 1.29 is 28.6 Å². The second-order valence-corrected chi connectivity index (χ2v) is 14.7. The standard InChI is InChI=1S/C43H82O6/c1-4-7-10-13-16-19-22-25-28-31-34-41(44)47-37-40(38-48-42(45)35-32-29-26-23-20-17-14-11-8-5-2)39-49-43(46)36-33-30-27-24-21-18-15-12-9-6-3/h40H,4-39H2,1-3H3. The maximum atomic E-state index is 12.5. The fourth-order valence-corrected chi connectivity index (χ4v) is 6.26. The number of carbonyl (C=O) groups excluding carboxylic acids is 3. The molecule has 6 heteroatoms. The average molecular weight is 695 g/mol. The number of unbranched alkanes of at least 4 members (excludes halogenated alkanes) is 27. The molecule has 0 bridgehead atoms. The normalized spacial score (nSPS) is 11.3. The molecule has 0 saturated heterocycles. The van der Waals surface area contributed by atoms with Crippen molar-refractivity contribution in [3.8, 4) is 0 Å². The Morgan fingerprint density at radius 2 is 0.490 bits per heavy atom. The van der Waals surface area contributed by atoms with Crippen LogP contribution in [-0.2, 0) is 28.6 Å². The van der Waals surface area contributed by atoms with Gasteiger partial charge in [-0.1, -0.05) is 194 Å². The van der Waals surface area contributed by atoms with Gasteiger partial charge in [0.05, 0.1) is 5.92 Å². The Morgan fingerprint density at radius 3 is 0.694 bits per heavy atom. The van der Waals surface area contributed by atoms with Crippen molar-refractivity contribution in [3.05, 3.63) is 0 Å². The van der Waals surface area contributed by atoms with Crippen LogP contribution in [0.2, 0.25) is 0 Å². The predicted octanol–water partition coefficient (Wildman–Crippen LogP) is 13.2. The van der Waals surface area contributed by atoms with Crippen LogP contribution >= 0.6 is 0 Å². The molecule has 0 spiro atoms. The van der Waals surface area contributed by atoms with Crippen molar-refractivity contribution in [1.29, 1.82) is 0 Å². The first-order chi connectivity index (χ1) is 24.0. The average Bonchev–Trinajstić information content (AvgIpc) is 3.10. The highest BCUT2D eigenvalue weighted by molar-refractivity contribution is 5.70. The van der Waals surface area contributed by atoms with Crippen molar-refractivity contribution in [1.82, 2.24) is 0 Å². The van der Waals surface area contributed by atoms with E-state index in [1.165, 1.54) is 135 Å². The van der Waals surface area contributed by atoms with Gasteiger partial charge in [-0.2, -0.15) is 0 Å². The number of hydrogen-bond donors (Lipinski definition) is 0. The van der Waals surface area contributed by atoms with Gasteiger partial charge in [-0.05, 0) is 19.3 Å². The lowest BCUT2D eigenvalue weighted by Crippen LogP contribution is -2.26. The maximum Gasteiger partial charge on any atom is 0.305 e. The SMILES string of the molecule is CCCCCCCCCCCCC(=O)OCC(COC(=O)CCCCCCCCCCCC)COC(=O)CCCCCCCCCCCC. The van der Waals surface area contributed by atoms with E-state index in [0.29, 0.717) is 19.3 Å². The number of ether oxygens (including phenoxy) is 3. The summed E-state index contributed by atoms with van der Waals surface area (Å²) in [6.45, 7) is 7.05. The van der Waals surface area contributed by atoms with Crippen molar-refractivity contribution in [2.45, 2.75) is 233 Å². The van der Waals surface area contributed by atoms with Crippen LogP contribution in [0.1, 0.15) is 233 Å². The zero-order chi connectivity index (χ0) is 35.9. The van der Waals surface area contributed by atoms with Crippen molar-refractivity contribution >= 4 is 17.9 Å². The highest BCUT2D eigenvalue weighted by atomic mass is 16.6.